The lowest BCUT2D eigenvalue weighted by Gasteiger charge is -2.45. The first kappa shape index (κ1) is 19.9. The third-order valence-electron chi connectivity index (χ3n) is 6.12. The fourth-order valence-electron chi connectivity index (χ4n) is 4.96. The van der Waals surface area contributed by atoms with Gasteiger partial charge in [0.05, 0.1) is 11.8 Å². The third kappa shape index (κ3) is 3.30. The second-order valence-corrected chi connectivity index (χ2v) is 9.82. The standard InChI is InChI=1S/C24H30N2O3/c1-15(2)20-19(17-9-7-6-8-10-17)25-24(14-16-11-12-18(24)13-16)21(27)26(20)22(28)29-23(3,4)5/h6-12,15-16,18,20H,13-14H2,1-5H3/t16-,18+,20-,24+/m0/s1. The predicted octanol–water partition coefficient (Wildman–Crippen LogP) is 4.61. The molecule has 4 atom stereocenters. The molecule has 3 aliphatic rings. The first-order valence-corrected chi connectivity index (χ1v) is 10.5. The van der Waals surface area contributed by atoms with Crippen molar-refractivity contribution in [1.29, 1.82) is 0 Å². The zero-order valence-electron chi connectivity index (χ0n) is 17.9. The summed E-state index contributed by atoms with van der Waals surface area (Å²) in [4.78, 5) is 33.6. The number of hydrogen-bond acceptors (Lipinski definition) is 4. The minimum absolute atomic E-state index is 0.0110. The summed E-state index contributed by atoms with van der Waals surface area (Å²) in [6.45, 7) is 9.52. The minimum Gasteiger partial charge on any atom is -0.443 e. The molecule has 2 bridgehead atoms. The van der Waals surface area contributed by atoms with Crippen molar-refractivity contribution in [2.45, 2.75) is 64.6 Å². The number of carbonyl (C=O) groups excluding carboxylic acids is 2. The van der Waals surface area contributed by atoms with E-state index in [0.717, 1.165) is 17.7 Å². The number of rotatable bonds is 2. The Kier molecular flexibility index (Phi) is 4.67. The van der Waals surface area contributed by atoms with Gasteiger partial charge in [-0.05, 0) is 51.0 Å². The van der Waals surface area contributed by atoms with E-state index in [9.17, 15) is 9.59 Å². The van der Waals surface area contributed by atoms with Crippen molar-refractivity contribution in [2.75, 3.05) is 0 Å². The van der Waals surface area contributed by atoms with E-state index in [1.54, 1.807) is 0 Å². The number of benzene rings is 1. The number of amides is 2. The highest BCUT2D eigenvalue weighted by Crippen LogP contribution is 2.51. The van der Waals surface area contributed by atoms with Crippen molar-refractivity contribution < 1.29 is 14.3 Å². The quantitative estimate of drug-likeness (QED) is 0.688. The van der Waals surface area contributed by atoms with Gasteiger partial charge in [-0.3, -0.25) is 9.79 Å². The summed E-state index contributed by atoms with van der Waals surface area (Å²) in [5.41, 5.74) is 0.195. The van der Waals surface area contributed by atoms with E-state index < -0.39 is 23.3 Å². The number of carbonyl (C=O) groups is 2. The lowest BCUT2D eigenvalue weighted by atomic mass is 9.79. The second-order valence-electron chi connectivity index (χ2n) is 9.82. The molecule has 2 amide bonds. The smallest absolute Gasteiger partial charge is 0.417 e. The van der Waals surface area contributed by atoms with Crippen LogP contribution in [0.1, 0.15) is 53.0 Å². The average Bonchev–Trinajstić information content (AvgIpc) is 3.24. The van der Waals surface area contributed by atoms with Crippen LogP contribution in [-0.4, -0.2) is 39.8 Å². The van der Waals surface area contributed by atoms with Crippen LogP contribution in [0.15, 0.2) is 47.5 Å². The van der Waals surface area contributed by atoms with Crippen molar-refractivity contribution in [3.05, 3.63) is 48.0 Å². The maximum atomic E-state index is 13.8. The SMILES string of the molecule is CC(C)[C@H]1C(c2ccccc2)=N[C@@]2(C[C@H]3C=C[C@@H]2C3)C(=O)N1C(=O)OC(C)(C)C. The van der Waals surface area contributed by atoms with Crippen LogP contribution >= 0.6 is 0 Å². The van der Waals surface area contributed by atoms with Crippen LogP contribution in [-0.2, 0) is 9.53 Å². The van der Waals surface area contributed by atoms with E-state index in [0.29, 0.717) is 12.3 Å². The van der Waals surface area contributed by atoms with Crippen LogP contribution in [0.5, 0.6) is 0 Å². The maximum absolute atomic E-state index is 13.8. The zero-order chi connectivity index (χ0) is 21.0. The Balaban J connectivity index is 1.87. The molecule has 0 radical (unpaired) electrons. The Morgan fingerprint density at radius 1 is 1.21 bits per heavy atom. The highest BCUT2D eigenvalue weighted by Gasteiger charge is 2.60. The van der Waals surface area contributed by atoms with Crippen LogP contribution < -0.4 is 0 Å². The van der Waals surface area contributed by atoms with Gasteiger partial charge in [0.25, 0.3) is 5.91 Å². The zero-order valence-corrected chi connectivity index (χ0v) is 17.9. The van der Waals surface area contributed by atoms with E-state index in [2.05, 4.69) is 12.2 Å². The van der Waals surface area contributed by atoms with Crippen molar-refractivity contribution in [1.82, 2.24) is 4.90 Å². The Morgan fingerprint density at radius 3 is 2.41 bits per heavy atom. The topological polar surface area (TPSA) is 59.0 Å². The number of aliphatic imine (C=N–C) groups is 1. The van der Waals surface area contributed by atoms with Crippen molar-refractivity contribution >= 4 is 17.7 Å². The number of nitrogens with zero attached hydrogens (tertiary/aromatic N) is 2. The van der Waals surface area contributed by atoms with Gasteiger partial charge < -0.3 is 4.74 Å². The Labute approximate surface area is 172 Å². The molecule has 0 saturated heterocycles. The molecule has 0 unspecified atom stereocenters. The van der Waals surface area contributed by atoms with Gasteiger partial charge in [0.2, 0.25) is 0 Å². The van der Waals surface area contributed by atoms with Crippen LogP contribution in [0.3, 0.4) is 0 Å². The van der Waals surface area contributed by atoms with Gasteiger partial charge in [0.1, 0.15) is 11.1 Å². The average molecular weight is 395 g/mol. The molecule has 1 fully saturated rings. The first-order chi connectivity index (χ1) is 13.6. The first-order valence-electron chi connectivity index (χ1n) is 10.5. The summed E-state index contributed by atoms with van der Waals surface area (Å²) in [7, 11) is 0. The molecule has 4 rings (SSSR count). The van der Waals surface area contributed by atoms with E-state index in [-0.39, 0.29) is 17.7 Å². The van der Waals surface area contributed by atoms with E-state index in [4.69, 9.17) is 9.73 Å². The molecule has 1 saturated carbocycles. The molecular weight excluding hydrogens is 364 g/mol. The van der Waals surface area contributed by atoms with Crippen molar-refractivity contribution in [3.63, 3.8) is 0 Å². The van der Waals surface area contributed by atoms with E-state index >= 15 is 0 Å². The molecule has 5 heteroatoms. The lowest BCUT2D eigenvalue weighted by molar-refractivity contribution is -0.139. The number of ether oxygens (including phenoxy) is 1. The van der Waals surface area contributed by atoms with Gasteiger partial charge in [-0.2, -0.15) is 0 Å². The van der Waals surface area contributed by atoms with Crippen molar-refractivity contribution in [3.8, 4) is 0 Å². The molecule has 1 spiro atoms. The molecule has 2 aliphatic carbocycles. The number of allylic oxidation sites excluding steroid dienone is 1. The fraction of sp³-hybridized carbons (Fsp3) is 0.542. The van der Waals surface area contributed by atoms with E-state index in [1.165, 1.54) is 4.90 Å². The highest BCUT2D eigenvalue weighted by atomic mass is 16.6. The van der Waals surface area contributed by atoms with Crippen molar-refractivity contribution in [2.24, 2.45) is 22.7 Å². The molecule has 1 aliphatic heterocycles. The fourth-order valence-corrected chi connectivity index (χ4v) is 4.96. The monoisotopic (exact) mass is 394 g/mol. The summed E-state index contributed by atoms with van der Waals surface area (Å²) in [6, 6.07) is 9.47. The maximum Gasteiger partial charge on any atom is 0.417 e. The van der Waals surface area contributed by atoms with Crippen LogP contribution in [0.25, 0.3) is 0 Å². The van der Waals surface area contributed by atoms with Gasteiger partial charge in [-0.25, -0.2) is 9.69 Å². The number of fused-ring (bicyclic) bond motifs is 3. The Hall–Kier alpha value is -2.43. The van der Waals surface area contributed by atoms with Crippen LogP contribution in [0.2, 0.25) is 0 Å². The molecule has 5 nitrogen and oxygen atoms in total. The lowest BCUT2D eigenvalue weighted by Crippen LogP contribution is -2.64. The predicted molar refractivity (Wildman–Crippen MR) is 113 cm³/mol. The molecule has 1 aromatic carbocycles. The second kappa shape index (κ2) is 6.82. The van der Waals surface area contributed by atoms with Gasteiger partial charge >= 0.3 is 6.09 Å². The molecule has 1 heterocycles. The van der Waals surface area contributed by atoms with Gasteiger partial charge in [-0.1, -0.05) is 56.3 Å². The molecule has 0 aromatic heterocycles. The molecule has 154 valence electrons. The molecule has 0 N–H and O–H groups in total. The summed E-state index contributed by atoms with van der Waals surface area (Å²) in [5, 5.41) is 0. The van der Waals surface area contributed by atoms with Crippen LogP contribution in [0, 0.1) is 17.8 Å². The summed E-state index contributed by atoms with van der Waals surface area (Å²) in [6.07, 6.45) is 5.31. The van der Waals surface area contributed by atoms with Crippen LogP contribution in [0.4, 0.5) is 4.79 Å². The summed E-state index contributed by atoms with van der Waals surface area (Å²) < 4.78 is 5.69. The molecular formula is C24H30N2O3. The van der Waals surface area contributed by atoms with Gasteiger partial charge in [-0.15, -0.1) is 0 Å². The highest BCUT2D eigenvalue weighted by molar-refractivity contribution is 6.14. The Morgan fingerprint density at radius 2 is 1.90 bits per heavy atom. The summed E-state index contributed by atoms with van der Waals surface area (Å²) >= 11 is 0. The molecule has 29 heavy (non-hydrogen) atoms. The normalized spacial score (nSPS) is 31.0. The molecule has 1 aromatic rings. The van der Waals surface area contributed by atoms with Gasteiger partial charge in [0, 0.05) is 5.92 Å². The number of hydrogen-bond donors (Lipinski definition) is 0. The Bertz CT molecular complexity index is 881. The van der Waals surface area contributed by atoms with Gasteiger partial charge in [0.15, 0.2) is 0 Å². The third-order valence-corrected chi connectivity index (χ3v) is 6.12. The number of imide groups is 1. The van der Waals surface area contributed by atoms with E-state index in [1.807, 2.05) is 65.0 Å². The minimum atomic E-state index is -0.896. The summed E-state index contributed by atoms with van der Waals surface area (Å²) in [5.74, 6) is 0.191. The largest absolute Gasteiger partial charge is 0.443 e.